The topological polar surface area (TPSA) is 98.7 Å². The molecule has 0 saturated carbocycles. The first-order chi connectivity index (χ1) is 7.44. The van der Waals surface area contributed by atoms with E-state index in [9.17, 15) is 9.59 Å². The fourth-order valence-electron chi connectivity index (χ4n) is 1.74. The molecule has 4 N–H and O–H groups in total. The Balaban J connectivity index is 0.000000160. The Labute approximate surface area is 93.3 Å². The van der Waals surface area contributed by atoms with Gasteiger partial charge in [-0.05, 0) is 0 Å². The Hall–Kier alpha value is -1.40. The van der Waals surface area contributed by atoms with Gasteiger partial charge in [-0.25, -0.2) is 9.59 Å². The minimum absolute atomic E-state index is 0.558. The Morgan fingerprint density at radius 1 is 1.25 bits per heavy atom. The van der Waals surface area contributed by atoms with Crippen LogP contribution in [0.4, 0.5) is 0 Å². The lowest BCUT2D eigenvalue weighted by molar-refractivity contribution is -0.134. The van der Waals surface area contributed by atoms with Crippen molar-refractivity contribution in [2.45, 2.75) is 13.0 Å². The van der Waals surface area contributed by atoms with Gasteiger partial charge in [-0.3, -0.25) is 0 Å². The molecule has 2 fully saturated rings. The molecule has 2 atom stereocenters. The number of hydrogen-bond donors (Lipinski definition) is 4. The normalized spacial score (nSPS) is 31.2. The van der Waals surface area contributed by atoms with Gasteiger partial charge in [0.05, 0.1) is 0 Å². The molecule has 0 aromatic rings. The van der Waals surface area contributed by atoms with Crippen LogP contribution in [0.1, 0.15) is 6.92 Å². The Kier molecular flexibility index (Phi) is 4.03. The zero-order chi connectivity index (χ0) is 12.2. The molecule has 0 aliphatic carbocycles. The van der Waals surface area contributed by atoms with Gasteiger partial charge in [0.1, 0.15) is 0 Å². The zero-order valence-corrected chi connectivity index (χ0v) is 9.06. The van der Waals surface area contributed by atoms with Crippen molar-refractivity contribution in [3.8, 4) is 0 Å². The van der Waals surface area contributed by atoms with E-state index >= 15 is 0 Å². The summed E-state index contributed by atoms with van der Waals surface area (Å²) < 4.78 is 0. The number of carboxylic acid groups (broad SMARTS) is 2. The van der Waals surface area contributed by atoms with E-state index in [2.05, 4.69) is 17.6 Å². The van der Waals surface area contributed by atoms with Gasteiger partial charge >= 0.3 is 11.9 Å². The van der Waals surface area contributed by atoms with E-state index in [0.29, 0.717) is 17.6 Å². The number of rotatable bonds is 2. The molecule has 2 aliphatic heterocycles. The third-order valence-corrected chi connectivity index (χ3v) is 2.84. The first kappa shape index (κ1) is 12.7. The van der Waals surface area contributed by atoms with E-state index in [1.807, 2.05) is 0 Å². The van der Waals surface area contributed by atoms with Crippen LogP contribution < -0.4 is 10.6 Å². The second-order valence-electron chi connectivity index (χ2n) is 4.23. The molecule has 6 nitrogen and oxygen atoms in total. The number of fused-ring (bicyclic) bond motifs is 1. The molecule has 2 aliphatic rings. The average molecular weight is 228 g/mol. The minimum Gasteiger partial charge on any atom is -0.478 e. The first-order valence-corrected chi connectivity index (χ1v) is 5.02. The second kappa shape index (κ2) is 5.09. The van der Waals surface area contributed by atoms with Gasteiger partial charge in [0, 0.05) is 43.2 Å². The van der Waals surface area contributed by atoms with Gasteiger partial charge in [-0.15, -0.1) is 0 Å². The lowest BCUT2D eigenvalue weighted by atomic mass is 9.78. The maximum absolute atomic E-state index is 9.55. The third kappa shape index (κ3) is 3.32. The summed E-state index contributed by atoms with van der Waals surface area (Å²) in [5.41, 5.74) is 0.611. The van der Waals surface area contributed by atoms with Crippen molar-refractivity contribution in [2.75, 3.05) is 19.6 Å². The fourth-order valence-corrected chi connectivity index (χ4v) is 1.74. The van der Waals surface area contributed by atoms with Crippen LogP contribution in [-0.2, 0) is 9.59 Å². The van der Waals surface area contributed by atoms with Gasteiger partial charge < -0.3 is 20.8 Å². The molecule has 0 amide bonds. The van der Waals surface area contributed by atoms with Crippen molar-refractivity contribution in [2.24, 2.45) is 5.41 Å². The molecule has 16 heavy (non-hydrogen) atoms. The van der Waals surface area contributed by atoms with E-state index in [-0.39, 0.29) is 0 Å². The van der Waals surface area contributed by atoms with Crippen LogP contribution in [0, 0.1) is 5.41 Å². The summed E-state index contributed by atoms with van der Waals surface area (Å²) in [6, 6.07) is 0.780. The molecule has 0 aromatic carbocycles. The van der Waals surface area contributed by atoms with Gasteiger partial charge in [-0.1, -0.05) is 6.92 Å². The van der Waals surface area contributed by atoms with Crippen LogP contribution in [0.5, 0.6) is 0 Å². The van der Waals surface area contributed by atoms with Gasteiger partial charge in [0.2, 0.25) is 0 Å². The molecule has 0 spiro atoms. The number of carboxylic acids is 2. The number of aliphatic carboxylic acids is 2. The Morgan fingerprint density at radius 2 is 1.81 bits per heavy atom. The van der Waals surface area contributed by atoms with Crippen LogP contribution >= 0.6 is 0 Å². The summed E-state index contributed by atoms with van der Waals surface area (Å²) in [5.74, 6) is -2.51. The number of hydrogen-bond acceptors (Lipinski definition) is 4. The molecular weight excluding hydrogens is 212 g/mol. The monoisotopic (exact) mass is 228 g/mol. The highest BCUT2D eigenvalue weighted by molar-refractivity contribution is 5.89. The summed E-state index contributed by atoms with van der Waals surface area (Å²) in [5, 5.41) is 22.4. The van der Waals surface area contributed by atoms with Gasteiger partial charge in [-0.2, -0.15) is 0 Å². The van der Waals surface area contributed by atoms with E-state index in [1.54, 1.807) is 0 Å². The summed E-state index contributed by atoms with van der Waals surface area (Å²) >= 11 is 0. The SMILES string of the molecule is CC12CNCC1NC2.O=C(O)C=CC(=O)O. The molecule has 2 saturated heterocycles. The highest BCUT2D eigenvalue weighted by Gasteiger charge is 2.45. The van der Waals surface area contributed by atoms with Crippen LogP contribution in [-0.4, -0.2) is 47.8 Å². The maximum Gasteiger partial charge on any atom is 0.328 e. The molecular formula is C10H16N2O4. The largest absolute Gasteiger partial charge is 0.478 e. The molecule has 2 heterocycles. The van der Waals surface area contributed by atoms with E-state index in [4.69, 9.17) is 10.2 Å². The van der Waals surface area contributed by atoms with Crippen molar-refractivity contribution in [1.82, 2.24) is 10.6 Å². The lowest BCUT2D eigenvalue weighted by Gasteiger charge is -2.42. The van der Waals surface area contributed by atoms with Gasteiger partial charge in [0.15, 0.2) is 0 Å². The summed E-state index contributed by atoms with van der Waals surface area (Å²) in [6.45, 7) is 5.94. The fraction of sp³-hybridized carbons (Fsp3) is 0.600. The second-order valence-corrected chi connectivity index (χ2v) is 4.23. The van der Waals surface area contributed by atoms with Crippen molar-refractivity contribution >= 4 is 11.9 Å². The quantitative estimate of drug-likeness (QED) is 0.466. The number of nitrogens with one attached hydrogen (secondary N) is 2. The predicted octanol–water partition coefficient (Wildman–Crippen LogP) is -0.720. The van der Waals surface area contributed by atoms with Gasteiger partial charge in [0.25, 0.3) is 0 Å². The highest BCUT2D eigenvalue weighted by atomic mass is 16.4. The molecule has 0 radical (unpaired) electrons. The molecule has 90 valence electrons. The standard InChI is InChI=1S/C6H12N2.C4H4O4/c1-6-3-7-2-5(6)8-4-6;5-3(6)1-2-4(7)8/h5,7-8H,2-4H2,1H3;1-2H,(H,5,6)(H,7,8). The molecule has 0 bridgehead atoms. The molecule has 2 rings (SSSR count). The summed E-state index contributed by atoms with van der Waals surface area (Å²) in [6.07, 6.45) is 1.12. The summed E-state index contributed by atoms with van der Waals surface area (Å²) in [4.78, 5) is 19.1. The lowest BCUT2D eigenvalue weighted by Crippen LogP contribution is -2.59. The molecule has 6 heteroatoms. The van der Waals surface area contributed by atoms with Crippen molar-refractivity contribution < 1.29 is 19.8 Å². The first-order valence-electron chi connectivity index (χ1n) is 5.02. The predicted molar refractivity (Wildman–Crippen MR) is 57.2 cm³/mol. The zero-order valence-electron chi connectivity index (χ0n) is 9.06. The number of carbonyl (C=O) groups is 2. The van der Waals surface area contributed by atoms with Crippen LogP contribution in [0.3, 0.4) is 0 Å². The minimum atomic E-state index is -1.26. The average Bonchev–Trinajstić information content (AvgIpc) is 2.43. The van der Waals surface area contributed by atoms with Crippen LogP contribution in [0.15, 0.2) is 12.2 Å². The van der Waals surface area contributed by atoms with E-state index < -0.39 is 11.9 Å². The highest BCUT2D eigenvalue weighted by Crippen LogP contribution is 2.31. The molecule has 2 unspecified atom stereocenters. The van der Waals surface area contributed by atoms with Crippen molar-refractivity contribution in [3.05, 3.63) is 12.2 Å². The van der Waals surface area contributed by atoms with E-state index in [0.717, 1.165) is 6.04 Å². The van der Waals surface area contributed by atoms with Crippen LogP contribution in [0.2, 0.25) is 0 Å². The smallest absolute Gasteiger partial charge is 0.328 e. The third-order valence-electron chi connectivity index (χ3n) is 2.84. The van der Waals surface area contributed by atoms with Crippen molar-refractivity contribution in [1.29, 1.82) is 0 Å². The Morgan fingerprint density at radius 3 is 2.00 bits per heavy atom. The Bertz CT molecular complexity index is 300. The molecule has 0 aromatic heterocycles. The summed E-state index contributed by atoms with van der Waals surface area (Å²) in [7, 11) is 0. The van der Waals surface area contributed by atoms with Crippen LogP contribution in [0.25, 0.3) is 0 Å². The van der Waals surface area contributed by atoms with Crippen molar-refractivity contribution in [3.63, 3.8) is 0 Å². The maximum atomic E-state index is 9.55. The van der Waals surface area contributed by atoms with E-state index in [1.165, 1.54) is 19.6 Å².